The Morgan fingerprint density at radius 3 is 2.53 bits per heavy atom. The van der Waals surface area contributed by atoms with Crippen LogP contribution in [0.25, 0.3) is 6.08 Å². The minimum absolute atomic E-state index is 0.0600. The molecule has 1 aliphatic carbocycles. The van der Waals surface area contributed by atoms with Crippen LogP contribution in [0.1, 0.15) is 31.7 Å². The quantitative estimate of drug-likeness (QED) is 0.118. The molecule has 45 heavy (non-hydrogen) atoms. The van der Waals surface area contributed by atoms with Crippen molar-refractivity contribution in [2.24, 2.45) is 17.8 Å². The Bertz CT molecular complexity index is 1630. The Balaban J connectivity index is 1.45. The minimum Gasteiger partial charge on any atom is -0.507 e. The number of aliphatic hydroxyl groups excluding tert-OH is 2. The highest BCUT2D eigenvalue weighted by Crippen LogP contribution is 2.47. The normalized spacial score (nSPS) is 20.8. The van der Waals surface area contributed by atoms with Crippen molar-refractivity contribution in [3.63, 3.8) is 0 Å². The molecule has 234 valence electrons. The number of aliphatic hydroxyl groups is 2. The standard InChI is InChI=1S/C34H35BBrNO8/c1-20(14-21-15-24(36)11-13-29(21)39)10-12-30(40)31-22(19-45-26-8-3-2-4-9-26)16-27-32(28(31)18-38)34(42)37(33(27)41)25-7-5-6-23(17-25)35(43)44/h2-9,11,13-15,17,27-28,30,32,38-40,43-44H,10,12,16,18-19H2,1H3/b20-14+/t27-,28+,30-,32-/m1/s1. The Kier molecular flexibility index (Phi) is 10.3. The highest BCUT2D eigenvalue weighted by molar-refractivity contribution is 9.10. The van der Waals surface area contributed by atoms with E-state index in [-0.39, 0.29) is 36.3 Å². The average molecular weight is 676 g/mol. The number of carbonyl (C=O) groups excluding carboxylic acids is 2. The number of imide groups is 1. The molecule has 0 bridgehead atoms. The van der Waals surface area contributed by atoms with Crippen LogP contribution in [0.15, 0.2) is 94.0 Å². The number of para-hydroxylation sites is 1. The summed E-state index contributed by atoms with van der Waals surface area (Å²) in [5.41, 5.74) is 3.03. The van der Waals surface area contributed by atoms with E-state index < -0.39 is 49.4 Å². The summed E-state index contributed by atoms with van der Waals surface area (Å²) < 4.78 is 6.87. The fourth-order valence-corrected chi connectivity index (χ4v) is 6.74. The van der Waals surface area contributed by atoms with E-state index in [1.165, 1.54) is 18.2 Å². The molecule has 3 aromatic carbocycles. The Morgan fingerprint density at radius 2 is 1.82 bits per heavy atom. The number of aromatic hydroxyl groups is 1. The number of ether oxygens (including phenoxy) is 1. The number of nitrogens with zero attached hydrogens (tertiary/aromatic N) is 1. The molecule has 0 unspecified atom stereocenters. The van der Waals surface area contributed by atoms with Gasteiger partial charge in [0.1, 0.15) is 18.1 Å². The van der Waals surface area contributed by atoms with Crippen LogP contribution < -0.4 is 15.1 Å². The van der Waals surface area contributed by atoms with Crippen molar-refractivity contribution < 1.29 is 39.7 Å². The van der Waals surface area contributed by atoms with Gasteiger partial charge in [0.25, 0.3) is 0 Å². The van der Waals surface area contributed by atoms with Gasteiger partial charge >= 0.3 is 7.12 Å². The van der Waals surface area contributed by atoms with Gasteiger partial charge in [0.15, 0.2) is 0 Å². The summed E-state index contributed by atoms with van der Waals surface area (Å²) in [7, 11) is -1.78. The van der Waals surface area contributed by atoms with Crippen molar-refractivity contribution in [2.45, 2.75) is 32.3 Å². The first-order chi connectivity index (χ1) is 21.6. The second-order valence-corrected chi connectivity index (χ2v) is 12.4. The lowest BCUT2D eigenvalue weighted by Gasteiger charge is -2.36. The Labute approximate surface area is 270 Å². The van der Waals surface area contributed by atoms with Crippen LogP contribution in [0.5, 0.6) is 11.5 Å². The summed E-state index contributed by atoms with van der Waals surface area (Å²) in [6.07, 6.45) is 1.70. The van der Waals surface area contributed by atoms with Gasteiger partial charge in [-0.3, -0.25) is 14.5 Å². The summed E-state index contributed by atoms with van der Waals surface area (Å²) in [4.78, 5) is 28.7. The van der Waals surface area contributed by atoms with Crippen molar-refractivity contribution in [3.05, 3.63) is 99.6 Å². The first-order valence-electron chi connectivity index (χ1n) is 14.8. The summed E-state index contributed by atoms with van der Waals surface area (Å²) in [6, 6.07) is 20.2. The molecule has 11 heteroatoms. The predicted octanol–water partition coefficient (Wildman–Crippen LogP) is 3.57. The van der Waals surface area contributed by atoms with Crippen molar-refractivity contribution in [1.82, 2.24) is 0 Å². The van der Waals surface area contributed by atoms with E-state index in [0.29, 0.717) is 28.9 Å². The number of phenols is 1. The van der Waals surface area contributed by atoms with Gasteiger partial charge in [0.05, 0.1) is 30.2 Å². The van der Waals surface area contributed by atoms with Gasteiger partial charge in [-0.05, 0) is 85.3 Å². The third kappa shape index (κ3) is 7.08. The van der Waals surface area contributed by atoms with E-state index in [0.717, 1.165) is 14.9 Å². The molecule has 3 aromatic rings. The average Bonchev–Trinajstić information content (AvgIpc) is 3.29. The third-order valence-electron chi connectivity index (χ3n) is 8.53. The molecule has 9 nitrogen and oxygen atoms in total. The molecule has 2 amide bonds. The summed E-state index contributed by atoms with van der Waals surface area (Å²) >= 11 is 3.41. The molecule has 0 saturated carbocycles. The van der Waals surface area contributed by atoms with Crippen molar-refractivity contribution in [3.8, 4) is 11.5 Å². The van der Waals surface area contributed by atoms with Crippen molar-refractivity contribution in [2.75, 3.05) is 18.1 Å². The molecule has 4 atom stereocenters. The molecular formula is C34H35BBrNO8. The number of benzene rings is 3. The fraction of sp³-hybridized carbons (Fsp3) is 0.294. The lowest BCUT2D eigenvalue weighted by molar-refractivity contribution is -0.123. The van der Waals surface area contributed by atoms with Gasteiger partial charge in [0.2, 0.25) is 11.8 Å². The van der Waals surface area contributed by atoms with Gasteiger partial charge < -0.3 is 30.1 Å². The van der Waals surface area contributed by atoms with Crippen LogP contribution in [0.3, 0.4) is 0 Å². The number of phenolic OH excluding ortho intramolecular Hbond substituents is 1. The molecule has 0 aromatic heterocycles. The highest BCUT2D eigenvalue weighted by Gasteiger charge is 2.55. The van der Waals surface area contributed by atoms with Crippen LogP contribution >= 0.6 is 15.9 Å². The largest absolute Gasteiger partial charge is 0.507 e. The van der Waals surface area contributed by atoms with E-state index in [9.17, 15) is 35.0 Å². The zero-order valence-corrected chi connectivity index (χ0v) is 26.3. The number of anilines is 1. The highest BCUT2D eigenvalue weighted by atomic mass is 79.9. The maximum atomic E-state index is 13.9. The van der Waals surface area contributed by atoms with Crippen LogP contribution in [-0.2, 0) is 9.59 Å². The lowest BCUT2D eigenvalue weighted by atomic mass is 9.68. The number of allylic oxidation sites excluding steroid dienone is 1. The maximum Gasteiger partial charge on any atom is 0.488 e. The van der Waals surface area contributed by atoms with Crippen LogP contribution in [-0.4, -0.2) is 63.6 Å². The van der Waals surface area contributed by atoms with Crippen LogP contribution in [0, 0.1) is 17.8 Å². The van der Waals surface area contributed by atoms with Gasteiger partial charge in [-0.2, -0.15) is 0 Å². The van der Waals surface area contributed by atoms with Gasteiger partial charge in [-0.15, -0.1) is 0 Å². The van der Waals surface area contributed by atoms with Crippen LogP contribution in [0.2, 0.25) is 0 Å². The first-order valence-corrected chi connectivity index (χ1v) is 15.6. The lowest BCUT2D eigenvalue weighted by Crippen LogP contribution is -2.40. The van der Waals surface area contributed by atoms with E-state index in [2.05, 4.69) is 15.9 Å². The number of rotatable bonds is 11. The zero-order valence-electron chi connectivity index (χ0n) is 24.7. The van der Waals surface area contributed by atoms with Crippen molar-refractivity contribution in [1.29, 1.82) is 0 Å². The molecular weight excluding hydrogens is 641 g/mol. The second-order valence-electron chi connectivity index (χ2n) is 11.5. The molecule has 5 rings (SSSR count). The number of halogens is 1. The SMILES string of the molecule is C/C(=C\c1cc(Br)ccc1O)CC[C@@H](O)C1=C(COc2ccccc2)C[C@H]2C(=O)N(c3cccc(B(O)O)c3)C(=O)[C@H]2[C@H]1CO. The molecule has 5 N–H and O–H groups in total. The van der Waals surface area contributed by atoms with Gasteiger partial charge in [-0.25, -0.2) is 0 Å². The van der Waals surface area contributed by atoms with Gasteiger partial charge in [0, 0.05) is 16.0 Å². The molecule has 1 aliphatic heterocycles. The molecule has 1 heterocycles. The predicted molar refractivity (Wildman–Crippen MR) is 175 cm³/mol. The molecule has 1 fully saturated rings. The van der Waals surface area contributed by atoms with E-state index in [1.54, 1.807) is 36.4 Å². The van der Waals surface area contributed by atoms with Crippen molar-refractivity contribution >= 4 is 52.1 Å². The Hall–Kier alpha value is -3.74. The molecule has 1 saturated heterocycles. The topological polar surface area (TPSA) is 148 Å². The minimum atomic E-state index is -1.78. The van der Waals surface area contributed by atoms with E-state index in [1.807, 2.05) is 31.2 Å². The summed E-state index contributed by atoms with van der Waals surface area (Å²) in [5, 5.41) is 51.9. The molecule has 0 radical (unpaired) electrons. The van der Waals surface area contributed by atoms with E-state index in [4.69, 9.17) is 4.74 Å². The van der Waals surface area contributed by atoms with E-state index >= 15 is 0 Å². The Morgan fingerprint density at radius 1 is 1.07 bits per heavy atom. The monoisotopic (exact) mass is 675 g/mol. The molecule has 0 spiro atoms. The first kappa shape index (κ1) is 32.7. The second kappa shape index (κ2) is 14.1. The third-order valence-corrected chi connectivity index (χ3v) is 9.02. The number of amides is 2. The number of carbonyl (C=O) groups is 2. The number of hydrogen-bond donors (Lipinski definition) is 5. The maximum absolute atomic E-state index is 13.9. The number of hydrogen-bond acceptors (Lipinski definition) is 8. The van der Waals surface area contributed by atoms with Gasteiger partial charge in [-0.1, -0.05) is 57.9 Å². The number of fused-ring (bicyclic) bond motifs is 1. The zero-order chi connectivity index (χ0) is 32.2. The molecule has 2 aliphatic rings. The van der Waals surface area contributed by atoms with Crippen LogP contribution in [0.4, 0.5) is 5.69 Å². The summed E-state index contributed by atoms with van der Waals surface area (Å²) in [5.74, 6) is -2.76. The summed E-state index contributed by atoms with van der Waals surface area (Å²) in [6.45, 7) is 1.49. The smallest absolute Gasteiger partial charge is 0.488 e. The fourth-order valence-electron chi connectivity index (χ4n) is 6.36.